The fraction of sp³-hybridized carbons (Fsp3) is 0.467. The number of hydrogen-bond acceptors (Lipinski definition) is 2. The minimum Gasteiger partial charge on any atom is -0.389 e. The van der Waals surface area contributed by atoms with Crippen molar-refractivity contribution in [3.63, 3.8) is 0 Å². The van der Waals surface area contributed by atoms with Crippen LogP contribution in [-0.2, 0) is 0 Å². The maximum absolute atomic E-state index is 14.1. The van der Waals surface area contributed by atoms with Gasteiger partial charge in [-0.15, -0.1) is 6.58 Å². The van der Waals surface area contributed by atoms with Crippen LogP contribution in [-0.4, -0.2) is 17.2 Å². The van der Waals surface area contributed by atoms with E-state index in [2.05, 4.69) is 6.58 Å². The number of anilines is 1. The molecule has 1 N–H and O–H groups in total. The first-order valence-electron chi connectivity index (χ1n) is 6.13. The fourth-order valence-corrected chi connectivity index (χ4v) is 1.86. The van der Waals surface area contributed by atoms with E-state index in [4.69, 9.17) is 0 Å². The highest BCUT2D eigenvalue weighted by Crippen LogP contribution is 2.28. The number of nitrogens with zero attached hydrogens (tertiary/aromatic N) is 1. The van der Waals surface area contributed by atoms with Crippen LogP contribution in [0.25, 0.3) is 0 Å². The van der Waals surface area contributed by atoms with Crippen LogP contribution in [0.1, 0.15) is 39.4 Å². The Bertz CT molecular complexity index is 421. The van der Waals surface area contributed by atoms with Crippen molar-refractivity contribution >= 4 is 5.69 Å². The van der Waals surface area contributed by atoms with Gasteiger partial charge in [-0.2, -0.15) is 0 Å². The van der Waals surface area contributed by atoms with Crippen molar-refractivity contribution in [1.29, 1.82) is 0 Å². The summed E-state index contributed by atoms with van der Waals surface area (Å²) in [4.78, 5) is 1.95. The summed E-state index contributed by atoms with van der Waals surface area (Å²) in [5.74, 6) is -0.315. The second kappa shape index (κ2) is 5.53. The second-order valence-electron chi connectivity index (χ2n) is 5.46. The Morgan fingerprint density at radius 3 is 2.44 bits per heavy atom. The number of aliphatic hydroxyl groups excluding tert-OH is 1. The Labute approximate surface area is 109 Å². The molecule has 0 fully saturated rings. The van der Waals surface area contributed by atoms with Crippen molar-refractivity contribution in [1.82, 2.24) is 0 Å². The van der Waals surface area contributed by atoms with Crippen LogP contribution in [0.4, 0.5) is 10.1 Å². The van der Waals surface area contributed by atoms with Gasteiger partial charge in [0.25, 0.3) is 0 Å². The van der Waals surface area contributed by atoms with Gasteiger partial charge in [-0.3, -0.25) is 0 Å². The number of halogens is 1. The molecule has 0 unspecified atom stereocenters. The lowest BCUT2D eigenvalue weighted by atomic mass is 10.0. The van der Waals surface area contributed by atoms with E-state index in [0.717, 1.165) is 0 Å². The van der Waals surface area contributed by atoms with Crippen LogP contribution in [0, 0.1) is 5.82 Å². The van der Waals surface area contributed by atoms with Crippen molar-refractivity contribution < 1.29 is 9.50 Å². The molecule has 1 rings (SSSR count). The molecule has 0 bridgehead atoms. The van der Waals surface area contributed by atoms with Gasteiger partial charge in [0.05, 0.1) is 11.8 Å². The van der Waals surface area contributed by atoms with Gasteiger partial charge in [-0.1, -0.05) is 12.1 Å². The van der Waals surface area contributed by atoms with Crippen LogP contribution in [0.3, 0.4) is 0 Å². The average molecular weight is 251 g/mol. The molecule has 3 heteroatoms. The summed E-state index contributed by atoms with van der Waals surface area (Å²) in [6.45, 7) is 12.0. The fourth-order valence-electron chi connectivity index (χ4n) is 1.86. The number of aliphatic hydroxyl groups is 1. The highest BCUT2D eigenvalue weighted by atomic mass is 19.1. The van der Waals surface area contributed by atoms with Gasteiger partial charge in [0.1, 0.15) is 5.82 Å². The van der Waals surface area contributed by atoms with Crippen LogP contribution in [0.2, 0.25) is 0 Å². The largest absolute Gasteiger partial charge is 0.389 e. The molecule has 100 valence electrons. The van der Waals surface area contributed by atoms with E-state index in [0.29, 0.717) is 17.8 Å². The Hall–Kier alpha value is -1.35. The smallest absolute Gasteiger partial charge is 0.146 e. The van der Waals surface area contributed by atoms with E-state index < -0.39 is 6.10 Å². The molecule has 0 aliphatic rings. The summed E-state index contributed by atoms with van der Waals surface area (Å²) < 4.78 is 14.1. The van der Waals surface area contributed by atoms with Crippen LogP contribution in [0.5, 0.6) is 0 Å². The lowest BCUT2D eigenvalue weighted by molar-refractivity contribution is 0.199. The third kappa shape index (κ3) is 3.33. The molecule has 0 radical (unpaired) electrons. The molecule has 0 aliphatic carbocycles. The highest BCUT2D eigenvalue weighted by molar-refractivity contribution is 5.52. The maximum atomic E-state index is 14.1. The predicted octanol–water partition coefficient (Wildman–Crippen LogP) is 3.67. The maximum Gasteiger partial charge on any atom is 0.146 e. The van der Waals surface area contributed by atoms with Gasteiger partial charge in [-0.05, 0) is 45.4 Å². The summed E-state index contributed by atoms with van der Waals surface area (Å²) in [5, 5.41) is 9.44. The molecule has 0 saturated heterocycles. The van der Waals surface area contributed by atoms with Crippen LogP contribution in [0.15, 0.2) is 30.9 Å². The minimum absolute atomic E-state index is 0.193. The molecule has 0 heterocycles. The van der Waals surface area contributed by atoms with E-state index in [1.165, 1.54) is 6.07 Å². The molecular weight excluding hydrogens is 229 g/mol. The molecule has 1 aromatic rings. The molecule has 18 heavy (non-hydrogen) atoms. The topological polar surface area (TPSA) is 23.5 Å². The van der Waals surface area contributed by atoms with Crippen molar-refractivity contribution in [2.45, 2.75) is 39.3 Å². The van der Waals surface area contributed by atoms with Crippen molar-refractivity contribution in [2.75, 3.05) is 11.4 Å². The van der Waals surface area contributed by atoms with Gasteiger partial charge in [0.2, 0.25) is 0 Å². The number of rotatable bonds is 4. The van der Waals surface area contributed by atoms with E-state index in [-0.39, 0.29) is 11.4 Å². The van der Waals surface area contributed by atoms with Crippen LogP contribution < -0.4 is 4.90 Å². The number of hydrogen-bond donors (Lipinski definition) is 1. The Morgan fingerprint density at radius 1 is 1.44 bits per heavy atom. The summed E-state index contributed by atoms with van der Waals surface area (Å²) in [7, 11) is 0. The molecule has 0 aliphatic heterocycles. The SMILES string of the molecule is C=CCN(c1ccc([C@H](C)O)cc1F)C(C)(C)C. The summed E-state index contributed by atoms with van der Waals surface area (Å²) in [6, 6.07) is 4.86. The molecule has 1 aromatic carbocycles. The van der Waals surface area contributed by atoms with Gasteiger partial charge >= 0.3 is 0 Å². The zero-order valence-corrected chi connectivity index (χ0v) is 11.6. The molecule has 0 saturated carbocycles. The van der Waals surface area contributed by atoms with Crippen molar-refractivity contribution in [3.05, 3.63) is 42.2 Å². The van der Waals surface area contributed by atoms with Crippen molar-refractivity contribution in [2.24, 2.45) is 0 Å². The monoisotopic (exact) mass is 251 g/mol. The van der Waals surface area contributed by atoms with Gasteiger partial charge in [-0.25, -0.2) is 4.39 Å². The van der Waals surface area contributed by atoms with E-state index in [1.54, 1.807) is 25.1 Å². The minimum atomic E-state index is -0.656. The number of benzene rings is 1. The van der Waals surface area contributed by atoms with Gasteiger partial charge in [0, 0.05) is 12.1 Å². The van der Waals surface area contributed by atoms with Gasteiger partial charge < -0.3 is 10.0 Å². The molecule has 0 aromatic heterocycles. The lowest BCUT2D eigenvalue weighted by Gasteiger charge is -2.37. The Morgan fingerprint density at radius 2 is 2.06 bits per heavy atom. The summed E-state index contributed by atoms with van der Waals surface area (Å²) >= 11 is 0. The zero-order valence-electron chi connectivity index (χ0n) is 11.6. The zero-order chi connectivity index (χ0) is 13.9. The third-order valence-electron chi connectivity index (χ3n) is 2.87. The van der Waals surface area contributed by atoms with E-state index in [9.17, 15) is 9.50 Å². The standard InChI is InChI=1S/C15H22FNO/c1-6-9-17(15(3,4)5)14-8-7-12(11(2)18)10-13(14)16/h6-8,10-11,18H,1,9H2,2-5H3/t11-/m0/s1. The second-order valence-corrected chi connectivity index (χ2v) is 5.46. The van der Waals surface area contributed by atoms with E-state index in [1.807, 2.05) is 25.7 Å². The highest BCUT2D eigenvalue weighted by Gasteiger charge is 2.23. The average Bonchev–Trinajstić information content (AvgIpc) is 2.24. The van der Waals surface area contributed by atoms with Gasteiger partial charge in [0.15, 0.2) is 0 Å². The summed E-state index contributed by atoms with van der Waals surface area (Å²) in [6.07, 6.45) is 1.10. The first kappa shape index (κ1) is 14.7. The molecule has 2 nitrogen and oxygen atoms in total. The quantitative estimate of drug-likeness (QED) is 0.825. The molecule has 0 spiro atoms. The summed E-state index contributed by atoms with van der Waals surface area (Å²) in [5.41, 5.74) is 0.928. The molecule has 1 atom stereocenters. The molecule has 0 amide bonds. The Balaban J connectivity index is 3.18. The predicted molar refractivity (Wildman–Crippen MR) is 74.3 cm³/mol. The normalized spacial score (nSPS) is 13.2. The molecular formula is C15H22FNO. The lowest BCUT2D eigenvalue weighted by Crippen LogP contribution is -2.42. The third-order valence-corrected chi connectivity index (χ3v) is 2.87. The Kier molecular flexibility index (Phi) is 4.52. The van der Waals surface area contributed by atoms with Crippen molar-refractivity contribution in [3.8, 4) is 0 Å². The first-order valence-corrected chi connectivity index (χ1v) is 6.13. The first-order chi connectivity index (χ1) is 8.27. The van der Waals surface area contributed by atoms with Crippen LogP contribution >= 0.6 is 0 Å². The van der Waals surface area contributed by atoms with E-state index >= 15 is 0 Å².